The van der Waals surface area contributed by atoms with Gasteiger partial charge in [0.25, 0.3) is 0 Å². The summed E-state index contributed by atoms with van der Waals surface area (Å²) >= 11 is 0. The Hall–Kier alpha value is -1.90. The van der Waals surface area contributed by atoms with Crippen molar-refractivity contribution in [2.75, 3.05) is 6.61 Å². The van der Waals surface area contributed by atoms with E-state index in [0.717, 1.165) is 44.1 Å². The second kappa shape index (κ2) is 10.0. The summed E-state index contributed by atoms with van der Waals surface area (Å²) in [4.78, 5) is 22.8. The summed E-state index contributed by atoms with van der Waals surface area (Å²) in [5, 5.41) is 0. The van der Waals surface area contributed by atoms with Gasteiger partial charge in [-0.1, -0.05) is 42.7 Å². The minimum absolute atomic E-state index is 0.138. The number of hydrogen-bond acceptors (Lipinski definition) is 3. The lowest BCUT2D eigenvalue weighted by molar-refractivity contribution is -0.135. The van der Waals surface area contributed by atoms with Crippen LogP contribution in [0.3, 0.4) is 0 Å². The quantitative estimate of drug-likeness (QED) is 0.348. The van der Waals surface area contributed by atoms with Crippen molar-refractivity contribution in [2.45, 2.75) is 79.6 Å². The Morgan fingerprint density at radius 3 is 2.46 bits per heavy atom. The average molecular weight is 385 g/mol. The van der Waals surface area contributed by atoms with Crippen LogP contribution in [0.25, 0.3) is 0 Å². The number of ketones is 1. The van der Waals surface area contributed by atoms with Crippen molar-refractivity contribution in [3.8, 4) is 0 Å². The predicted molar refractivity (Wildman–Crippen MR) is 115 cm³/mol. The van der Waals surface area contributed by atoms with E-state index >= 15 is 0 Å². The predicted octanol–water partition coefficient (Wildman–Crippen LogP) is 6.26. The van der Waals surface area contributed by atoms with Crippen LogP contribution in [-0.2, 0) is 14.3 Å². The standard InChI is InChI=1S/C25H36O3/c1-18(10-7-11-22-16-24(27)28-17-22)8-6-9-19(2)12-13-25(5)20(3)14-23(26)15-21(25)4/h9-10,14,16,21H,6-8,11-13,15,17H2,1-5H3. The third kappa shape index (κ3) is 6.32. The number of carbonyl (C=O) groups is 2. The second-order valence-corrected chi connectivity index (χ2v) is 8.90. The van der Waals surface area contributed by atoms with E-state index in [-0.39, 0.29) is 17.2 Å². The zero-order chi connectivity index (χ0) is 20.7. The van der Waals surface area contributed by atoms with E-state index in [1.807, 2.05) is 6.08 Å². The zero-order valence-corrected chi connectivity index (χ0v) is 18.3. The van der Waals surface area contributed by atoms with E-state index in [1.54, 1.807) is 6.08 Å². The highest BCUT2D eigenvalue weighted by molar-refractivity contribution is 5.91. The first-order valence-electron chi connectivity index (χ1n) is 10.6. The first-order chi connectivity index (χ1) is 13.2. The van der Waals surface area contributed by atoms with E-state index in [2.05, 4.69) is 46.8 Å². The number of ether oxygens (including phenoxy) is 1. The van der Waals surface area contributed by atoms with Gasteiger partial charge in [-0.15, -0.1) is 0 Å². The minimum Gasteiger partial charge on any atom is -0.458 e. The van der Waals surface area contributed by atoms with Gasteiger partial charge < -0.3 is 4.74 Å². The van der Waals surface area contributed by atoms with Gasteiger partial charge in [0.05, 0.1) is 0 Å². The van der Waals surface area contributed by atoms with Crippen LogP contribution in [0.15, 0.2) is 46.6 Å². The van der Waals surface area contributed by atoms with E-state index in [0.29, 0.717) is 18.9 Å². The lowest BCUT2D eigenvalue weighted by Gasteiger charge is -2.39. The molecule has 2 aliphatic rings. The first kappa shape index (κ1) is 22.4. The van der Waals surface area contributed by atoms with Gasteiger partial charge in [0.2, 0.25) is 0 Å². The summed E-state index contributed by atoms with van der Waals surface area (Å²) in [5.74, 6) is 0.490. The Bertz CT molecular complexity index is 720. The normalized spacial score (nSPS) is 26.2. The van der Waals surface area contributed by atoms with Crippen LogP contribution in [0.5, 0.6) is 0 Å². The molecule has 0 amide bonds. The van der Waals surface area contributed by atoms with Crippen molar-refractivity contribution >= 4 is 11.8 Å². The summed E-state index contributed by atoms with van der Waals surface area (Å²) in [7, 11) is 0. The third-order valence-electron chi connectivity index (χ3n) is 6.62. The topological polar surface area (TPSA) is 43.4 Å². The third-order valence-corrected chi connectivity index (χ3v) is 6.62. The lowest BCUT2D eigenvalue weighted by atomic mass is 9.64. The van der Waals surface area contributed by atoms with Gasteiger partial charge in [0, 0.05) is 12.5 Å². The molecule has 1 aliphatic heterocycles. The number of rotatable bonds is 9. The van der Waals surface area contributed by atoms with Crippen molar-refractivity contribution in [2.24, 2.45) is 11.3 Å². The number of cyclic esters (lactones) is 1. The number of esters is 1. The number of carbonyl (C=O) groups excluding carboxylic acids is 2. The molecular formula is C25H36O3. The molecule has 0 N–H and O–H groups in total. The van der Waals surface area contributed by atoms with E-state index in [1.165, 1.54) is 16.7 Å². The summed E-state index contributed by atoms with van der Waals surface area (Å²) in [6.45, 7) is 11.5. The Balaban J connectivity index is 1.74. The minimum atomic E-state index is -0.204. The molecule has 2 atom stereocenters. The van der Waals surface area contributed by atoms with E-state index < -0.39 is 0 Å². The fraction of sp³-hybridized carbons (Fsp3) is 0.600. The van der Waals surface area contributed by atoms with Gasteiger partial charge in [-0.3, -0.25) is 4.79 Å². The summed E-state index contributed by atoms with van der Waals surface area (Å²) < 4.78 is 4.93. The molecule has 2 rings (SSSR count). The van der Waals surface area contributed by atoms with Gasteiger partial charge in [0.15, 0.2) is 5.78 Å². The molecule has 0 saturated heterocycles. The van der Waals surface area contributed by atoms with Gasteiger partial charge in [-0.05, 0) is 82.3 Å². The second-order valence-electron chi connectivity index (χ2n) is 8.90. The van der Waals surface area contributed by atoms with Gasteiger partial charge in [0.1, 0.15) is 6.61 Å². The summed E-state index contributed by atoms with van der Waals surface area (Å²) in [6.07, 6.45) is 15.0. The Labute approximate surface area is 170 Å². The molecule has 0 saturated carbocycles. The maximum absolute atomic E-state index is 11.8. The van der Waals surface area contributed by atoms with Gasteiger partial charge in [-0.2, -0.15) is 0 Å². The highest BCUT2D eigenvalue weighted by Gasteiger charge is 2.36. The van der Waals surface area contributed by atoms with Gasteiger partial charge in [-0.25, -0.2) is 4.79 Å². The molecule has 3 heteroatoms. The fourth-order valence-corrected chi connectivity index (χ4v) is 4.09. The fourth-order valence-electron chi connectivity index (χ4n) is 4.09. The molecule has 2 unspecified atom stereocenters. The molecular weight excluding hydrogens is 348 g/mol. The molecule has 0 aromatic carbocycles. The van der Waals surface area contributed by atoms with Crippen molar-refractivity contribution in [3.63, 3.8) is 0 Å². The molecule has 0 aromatic rings. The van der Waals surface area contributed by atoms with Crippen LogP contribution < -0.4 is 0 Å². The SMILES string of the molecule is CC(=CCCC1=CC(=O)OC1)CCC=C(C)CCC1(C)C(C)=CC(=O)CC1C. The maximum Gasteiger partial charge on any atom is 0.331 e. The Morgan fingerprint density at radius 1 is 1.14 bits per heavy atom. The maximum atomic E-state index is 11.8. The smallest absolute Gasteiger partial charge is 0.331 e. The molecule has 1 heterocycles. The molecule has 0 aromatic heterocycles. The van der Waals surface area contributed by atoms with Crippen molar-refractivity contribution in [1.29, 1.82) is 0 Å². The number of hydrogen-bond donors (Lipinski definition) is 0. The van der Waals surface area contributed by atoms with Crippen LogP contribution in [0.1, 0.15) is 79.6 Å². The Kier molecular flexibility index (Phi) is 8.03. The molecule has 0 fully saturated rings. The molecule has 154 valence electrons. The summed E-state index contributed by atoms with van der Waals surface area (Å²) in [6, 6.07) is 0. The summed E-state index contributed by atoms with van der Waals surface area (Å²) in [5.41, 5.74) is 5.32. The highest BCUT2D eigenvalue weighted by atomic mass is 16.5. The monoisotopic (exact) mass is 384 g/mol. The van der Waals surface area contributed by atoms with Gasteiger partial charge >= 0.3 is 5.97 Å². The molecule has 0 bridgehead atoms. The Morgan fingerprint density at radius 2 is 1.82 bits per heavy atom. The van der Waals surface area contributed by atoms with E-state index in [9.17, 15) is 9.59 Å². The first-order valence-corrected chi connectivity index (χ1v) is 10.6. The molecule has 3 nitrogen and oxygen atoms in total. The molecule has 0 radical (unpaired) electrons. The molecule has 28 heavy (non-hydrogen) atoms. The lowest BCUT2D eigenvalue weighted by Crippen LogP contribution is -2.32. The molecule has 1 aliphatic carbocycles. The van der Waals surface area contributed by atoms with Crippen molar-refractivity contribution in [3.05, 3.63) is 46.6 Å². The zero-order valence-electron chi connectivity index (χ0n) is 18.3. The van der Waals surface area contributed by atoms with Crippen LogP contribution >= 0.6 is 0 Å². The van der Waals surface area contributed by atoms with Crippen LogP contribution in [0, 0.1) is 11.3 Å². The van der Waals surface area contributed by atoms with Crippen molar-refractivity contribution < 1.29 is 14.3 Å². The number of allylic oxidation sites excluding steroid dienone is 6. The van der Waals surface area contributed by atoms with E-state index in [4.69, 9.17) is 4.74 Å². The highest BCUT2D eigenvalue weighted by Crippen LogP contribution is 2.44. The molecule has 0 spiro atoms. The van der Waals surface area contributed by atoms with Crippen LogP contribution in [0.4, 0.5) is 0 Å². The van der Waals surface area contributed by atoms with Crippen molar-refractivity contribution in [1.82, 2.24) is 0 Å². The largest absolute Gasteiger partial charge is 0.458 e. The average Bonchev–Trinajstić information content (AvgIpc) is 3.03. The van der Waals surface area contributed by atoms with Crippen LogP contribution in [0.2, 0.25) is 0 Å². The van der Waals surface area contributed by atoms with Crippen LogP contribution in [-0.4, -0.2) is 18.4 Å².